The zero-order chi connectivity index (χ0) is 26.0. The number of aryl methyl sites for hydroxylation is 1. The molecule has 0 saturated carbocycles. The van der Waals surface area contributed by atoms with Crippen LogP contribution in [0.5, 0.6) is 0 Å². The van der Waals surface area contributed by atoms with E-state index in [0.29, 0.717) is 49.1 Å². The number of aliphatic hydroxyl groups is 1. The zero-order valence-corrected chi connectivity index (χ0v) is 21.3. The van der Waals surface area contributed by atoms with E-state index in [1.165, 1.54) is 12.1 Å². The molecule has 1 aliphatic rings. The maximum absolute atomic E-state index is 13.3. The first-order chi connectivity index (χ1) is 17.8. The fourth-order valence-corrected chi connectivity index (χ4v) is 5.10. The van der Waals surface area contributed by atoms with Crippen molar-refractivity contribution < 1.29 is 9.50 Å². The average molecular weight is 519 g/mol. The van der Waals surface area contributed by atoms with Gasteiger partial charge in [0.05, 0.1) is 15.6 Å². The second-order valence-corrected chi connectivity index (χ2v) is 10.2. The monoisotopic (exact) mass is 518 g/mol. The molecule has 0 aliphatic carbocycles. The number of nitrogens with zero attached hydrogens (tertiary/aromatic N) is 6. The van der Waals surface area contributed by atoms with E-state index >= 15 is 0 Å². The number of piperazine rings is 1. The molecule has 0 amide bonds. The van der Waals surface area contributed by atoms with Gasteiger partial charge in [0, 0.05) is 62.1 Å². The van der Waals surface area contributed by atoms with Crippen LogP contribution >= 0.6 is 11.3 Å². The third kappa shape index (κ3) is 5.13. The highest BCUT2D eigenvalue weighted by molar-refractivity contribution is 7.15. The summed E-state index contributed by atoms with van der Waals surface area (Å²) in [7, 11) is 0. The molecule has 0 radical (unpaired) electrons. The Kier molecular flexibility index (Phi) is 6.81. The molecule has 9 nitrogen and oxygen atoms in total. The lowest BCUT2D eigenvalue weighted by atomic mass is 9.90. The molecule has 0 spiro atoms. The van der Waals surface area contributed by atoms with E-state index < -0.39 is 5.60 Å². The van der Waals surface area contributed by atoms with Crippen LogP contribution in [0.3, 0.4) is 0 Å². The number of rotatable bonds is 6. The van der Waals surface area contributed by atoms with Crippen molar-refractivity contribution in [2.45, 2.75) is 19.4 Å². The maximum atomic E-state index is 13.3. The number of amidine groups is 1. The van der Waals surface area contributed by atoms with Gasteiger partial charge in [-0.05, 0) is 37.6 Å². The van der Waals surface area contributed by atoms with Gasteiger partial charge in [0.2, 0.25) is 5.95 Å². The minimum atomic E-state index is -1.34. The van der Waals surface area contributed by atoms with Gasteiger partial charge in [0.25, 0.3) is 0 Å². The Morgan fingerprint density at radius 2 is 1.81 bits per heavy atom. The van der Waals surface area contributed by atoms with Gasteiger partial charge >= 0.3 is 0 Å². The summed E-state index contributed by atoms with van der Waals surface area (Å²) in [6, 6.07) is 7.80. The molecule has 4 heterocycles. The van der Waals surface area contributed by atoms with Gasteiger partial charge in [-0.3, -0.25) is 5.41 Å². The van der Waals surface area contributed by atoms with Crippen LogP contribution < -0.4 is 4.90 Å². The van der Waals surface area contributed by atoms with E-state index in [1.54, 1.807) is 42.8 Å². The van der Waals surface area contributed by atoms with Crippen LogP contribution in [0.4, 0.5) is 10.3 Å². The highest BCUT2D eigenvalue weighted by Gasteiger charge is 2.28. The largest absolute Gasteiger partial charge is 0.381 e. The number of aromatic nitrogens is 4. The Morgan fingerprint density at radius 1 is 1.11 bits per heavy atom. The number of H-pyrrole nitrogens is 1. The number of halogens is 1. The lowest BCUT2D eigenvalue weighted by Gasteiger charge is -2.36. The highest BCUT2D eigenvalue weighted by atomic mass is 32.1. The van der Waals surface area contributed by atoms with Crippen LogP contribution in [0.2, 0.25) is 0 Å². The Hall–Kier alpha value is -3.96. The van der Waals surface area contributed by atoms with Crippen molar-refractivity contribution in [2.24, 2.45) is 4.99 Å². The van der Waals surface area contributed by atoms with E-state index in [9.17, 15) is 9.50 Å². The number of aromatic amines is 1. The molecule has 3 aromatic heterocycles. The normalized spacial score (nSPS) is 16.1. The summed E-state index contributed by atoms with van der Waals surface area (Å²) in [5, 5.41) is 19.6. The summed E-state index contributed by atoms with van der Waals surface area (Å²) >= 11 is 1.63. The first-order valence-corrected chi connectivity index (χ1v) is 12.7. The second-order valence-electron chi connectivity index (χ2n) is 8.95. The Balaban J connectivity index is 1.26. The second kappa shape index (κ2) is 10.2. The standard InChI is InChI=1S/C26H27FN8OS/c1-17-29-15-23(37-17)18-11-22(30-12-18)24(33-16-28)34-7-9-35(10-8-34)25-31-13-20(14-32-25)26(2,36)19-3-5-21(27)6-4-19/h3-6,11-16,28,30,36H,7-10H2,1-2H3/b28-16?,33-24+/t26-/m0/s1. The molecular formula is C26H27FN8OS. The van der Waals surface area contributed by atoms with Crippen molar-refractivity contribution >= 4 is 29.5 Å². The lowest BCUT2D eigenvalue weighted by Crippen LogP contribution is -2.49. The third-order valence-corrected chi connectivity index (χ3v) is 7.45. The SMILES string of the molecule is Cc1ncc(-c2c[nH]c(/C(=N\C=N)N3CCN(c4ncc([C@@](C)(O)c5ccc(F)cc5)cn4)CC3)c2)s1. The Bertz CT molecular complexity index is 1400. The summed E-state index contributed by atoms with van der Waals surface area (Å²) in [6.45, 7) is 6.33. The molecule has 3 N–H and O–H groups in total. The molecule has 1 atom stereocenters. The van der Waals surface area contributed by atoms with E-state index in [2.05, 4.69) is 34.7 Å². The molecule has 1 aromatic carbocycles. The molecule has 4 aromatic rings. The predicted molar refractivity (Wildman–Crippen MR) is 143 cm³/mol. The molecule has 37 heavy (non-hydrogen) atoms. The van der Waals surface area contributed by atoms with Crippen LogP contribution in [0.25, 0.3) is 10.4 Å². The molecule has 1 aliphatic heterocycles. The number of benzene rings is 1. The van der Waals surface area contributed by atoms with Gasteiger partial charge in [0.1, 0.15) is 17.8 Å². The van der Waals surface area contributed by atoms with Crippen LogP contribution in [0.1, 0.15) is 28.8 Å². The summed E-state index contributed by atoms with van der Waals surface area (Å²) in [5.41, 5.74) is 1.65. The summed E-state index contributed by atoms with van der Waals surface area (Å²) in [4.78, 5) is 26.3. The van der Waals surface area contributed by atoms with Crippen molar-refractivity contribution in [3.63, 3.8) is 0 Å². The molecule has 0 bridgehead atoms. The Morgan fingerprint density at radius 3 is 2.43 bits per heavy atom. The van der Waals surface area contributed by atoms with Gasteiger partial charge in [-0.15, -0.1) is 11.3 Å². The van der Waals surface area contributed by atoms with Crippen molar-refractivity contribution in [3.05, 3.63) is 82.8 Å². The number of nitrogens with one attached hydrogen (secondary N) is 2. The Labute approximate surface area is 217 Å². The zero-order valence-electron chi connectivity index (χ0n) is 20.5. The molecule has 5 rings (SSSR count). The smallest absolute Gasteiger partial charge is 0.225 e. The van der Waals surface area contributed by atoms with Gasteiger partial charge < -0.3 is 19.9 Å². The third-order valence-electron chi connectivity index (χ3n) is 6.49. The van der Waals surface area contributed by atoms with Crippen LogP contribution in [-0.2, 0) is 5.60 Å². The van der Waals surface area contributed by atoms with Crippen molar-refractivity contribution in [3.8, 4) is 10.4 Å². The first-order valence-electron chi connectivity index (χ1n) is 11.8. The first kappa shape index (κ1) is 24.7. The molecule has 190 valence electrons. The van der Waals surface area contributed by atoms with Crippen molar-refractivity contribution in [1.29, 1.82) is 5.41 Å². The average Bonchev–Trinajstić information content (AvgIpc) is 3.57. The van der Waals surface area contributed by atoms with E-state index in [1.807, 2.05) is 25.4 Å². The predicted octanol–water partition coefficient (Wildman–Crippen LogP) is 3.81. The van der Waals surface area contributed by atoms with Gasteiger partial charge in [0.15, 0.2) is 5.84 Å². The van der Waals surface area contributed by atoms with E-state index in [-0.39, 0.29) is 5.82 Å². The molecule has 0 unspecified atom stereocenters. The van der Waals surface area contributed by atoms with Gasteiger partial charge in [-0.1, -0.05) is 12.1 Å². The van der Waals surface area contributed by atoms with Crippen LogP contribution in [0, 0.1) is 18.2 Å². The number of hydrogen-bond acceptors (Lipinski definition) is 7. The minimum absolute atomic E-state index is 0.356. The fourth-order valence-electron chi connectivity index (χ4n) is 4.34. The minimum Gasteiger partial charge on any atom is -0.381 e. The summed E-state index contributed by atoms with van der Waals surface area (Å²) in [5.74, 6) is 0.936. The summed E-state index contributed by atoms with van der Waals surface area (Å²) < 4.78 is 13.3. The molecular weight excluding hydrogens is 491 g/mol. The summed E-state index contributed by atoms with van der Waals surface area (Å²) in [6.07, 6.45) is 8.09. The number of hydrogen-bond donors (Lipinski definition) is 3. The van der Waals surface area contributed by atoms with Crippen molar-refractivity contribution in [1.82, 2.24) is 24.8 Å². The number of thiazole rings is 1. The van der Waals surface area contributed by atoms with Gasteiger partial charge in [-0.25, -0.2) is 24.3 Å². The number of anilines is 1. The quantitative estimate of drug-likeness (QED) is 0.264. The topological polar surface area (TPSA) is 117 Å². The lowest BCUT2D eigenvalue weighted by molar-refractivity contribution is 0.101. The number of aliphatic imine (C=N–C) groups is 1. The molecule has 1 fully saturated rings. The van der Waals surface area contributed by atoms with E-state index in [4.69, 9.17) is 5.41 Å². The molecule has 11 heteroatoms. The van der Waals surface area contributed by atoms with E-state index in [0.717, 1.165) is 27.5 Å². The maximum Gasteiger partial charge on any atom is 0.225 e. The fraction of sp³-hybridized carbons (Fsp3) is 0.269. The molecule has 1 saturated heterocycles. The van der Waals surface area contributed by atoms with Crippen LogP contribution in [-0.4, -0.2) is 68.3 Å². The van der Waals surface area contributed by atoms with Crippen LogP contribution in [0.15, 0.2) is 60.1 Å². The van der Waals surface area contributed by atoms with Crippen molar-refractivity contribution in [2.75, 3.05) is 31.1 Å². The highest BCUT2D eigenvalue weighted by Crippen LogP contribution is 2.29. The van der Waals surface area contributed by atoms with Gasteiger partial charge in [-0.2, -0.15) is 0 Å².